The number of phenolic OH excluding ortho intramolecular Hbond substituents is 1. The highest BCUT2D eigenvalue weighted by atomic mass is 35.5. The first kappa shape index (κ1) is 19.3. The molecule has 0 bridgehead atoms. The summed E-state index contributed by atoms with van der Waals surface area (Å²) in [5.41, 5.74) is 2.64. The molecule has 4 rings (SSSR count). The number of anilines is 1. The molecule has 1 atom stereocenters. The highest BCUT2D eigenvalue weighted by Crippen LogP contribution is 2.44. The molecule has 3 aromatic rings. The number of methoxy groups -OCH3 is 3. The van der Waals surface area contributed by atoms with Crippen molar-refractivity contribution in [1.82, 2.24) is 4.98 Å². The Kier molecular flexibility index (Phi) is 4.92. The Morgan fingerprint density at radius 3 is 2.59 bits per heavy atom. The van der Waals surface area contributed by atoms with Crippen LogP contribution in [0.1, 0.15) is 22.0 Å². The Morgan fingerprint density at radius 2 is 1.93 bits per heavy atom. The molecular formula is C21H21ClN2O5. The van der Waals surface area contributed by atoms with Gasteiger partial charge in [0.25, 0.3) is 5.91 Å². The number of aromatic nitrogens is 1. The van der Waals surface area contributed by atoms with E-state index < -0.39 is 0 Å². The van der Waals surface area contributed by atoms with Gasteiger partial charge < -0.3 is 29.2 Å². The fourth-order valence-electron chi connectivity index (χ4n) is 3.86. The summed E-state index contributed by atoms with van der Waals surface area (Å²) in [6.45, 7) is 0.445. The molecule has 7 nitrogen and oxygen atoms in total. The van der Waals surface area contributed by atoms with Gasteiger partial charge in [-0.15, -0.1) is 11.6 Å². The van der Waals surface area contributed by atoms with E-state index in [9.17, 15) is 9.90 Å². The van der Waals surface area contributed by atoms with Crippen molar-refractivity contribution < 1.29 is 24.1 Å². The van der Waals surface area contributed by atoms with Crippen molar-refractivity contribution in [3.05, 3.63) is 41.6 Å². The topological polar surface area (TPSA) is 84.0 Å². The van der Waals surface area contributed by atoms with E-state index in [1.54, 1.807) is 36.3 Å². The first-order valence-corrected chi connectivity index (χ1v) is 9.58. The average Bonchev–Trinajstić information content (AvgIpc) is 3.32. The van der Waals surface area contributed by atoms with Crippen molar-refractivity contribution in [2.45, 2.75) is 5.92 Å². The minimum atomic E-state index is -0.222. The first-order valence-electron chi connectivity index (χ1n) is 9.04. The zero-order chi connectivity index (χ0) is 20.7. The minimum absolute atomic E-state index is 0.00955. The van der Waals surface area contributed by atoms with E-state index in [-0.39, 0.29) is 17.6 Å². The Hall–Kier alpha value is -3.06. The van der Waals surface area contributed by atoms with Crippen molar-refractivity contribution in [1.29, 1.82) is 0 Å². The SMILES string of the molecule is COc1cc2cc(C(=O)N3CC(CCl)c4ccc(O)cc43)[nH]c2c(OC)c1OC. The lowest BCUT2D eigenvalue weighted by Gasteiger charge is -2.17. The van der Waals surface area contributed by atoms with Crippen molar-refractivity contribution >= 4 is 34.1 Å². The van der Waals surface area contributed by atoms with Crippen LogP contribution in [0.4, 0.5) is 5.69 Å². The van der Waals surface area contributed by atoms with Gasteiger partial charge in [0, 0.05) is 29.8 Å². The van der Waals surface area contributed by atoms with E-state index in [0.717, 1.165) is 10.9 Å². The largest absolute Gasteiger partial charge is 0.508 e. The lowest BCUT2D eigenvalue weighted by molar-refractivity contribution is 0.0984. The van der Waals surface area contributed by atoms with Crippen LogP contribution in [0.5, 0.6) is 23.0 Å². The number of halogens is 1. The molecule has 0 fully saturated rings. The van der Waals surface area contributed by atoms with Crippen molar-refractivity contribution in [3.63, 3.8) is 0 Å². The molecule has 29 heavy (non-hydrogen) atoms. The van der Waals surface area contributed by atoms with Gasteiger partial charge in [-0.2, -0.15) is 0 Å². The van der Waals surface area contributed by atoms with E-state index in [1.165, 1.54) is 14.2 Å². The summed E-state index contributed by atoms with van der Waals surface area (Å²) >= 11 is 6.11. The number of carbonyl (C=O) groups excluding carboxylic acids is 1. The molecule has 0 saturated carbocycles. The Bertz CT molecular complexity index is 1090. The summed E-state index contributed by atoms with van der Waals surface area (Å²) in [6, 6.07) is 8.55. The van der Waals surface area contributed by atoms with Crippen LogP contribution in [-0.4, -0.2) is 49.8 Å². The van der Waals surface area contributed by atoms with Crippen molar-refractivity contribution in [2.24, 2.45) is 0 Å². The van der Waals surface area contributed by atoms with Crippen LogP contribution in [0.25, 0.3) is 10.9 Å². The van der Waals surface area contributed by atoms with Gasteiger partial charge in [0.15, 0.2) is 11.5 Å². The van der Waals surface area contributed by atoms with Gasteiger partial charge in [-0.05, 0) is 23.8 Å². The van der Waals surface area contributed by atoms with Gasteiger partial charge >= 0.3 is 0 Å². The van der Waals surface area contributed by atoms with Crippen molar-refractivity contribution in [3.8, 4) is 23.0 Å². The second-order valence-corrected chi connectivity index (χ2v) is 7.11. The number of hydrogen-bond donors (Lipinski definition) is 2. The molecule has 1 aromatic heterocycles. The monoisotopic (exact) mass is 416 g/mol. The number of fused-ring (bicyclic) bond motifs is 2. The third-order valence-electron chi connectivity index (χ3n) is 5.23. The quantitative estimate of drug-likeness (QED) is 0.616. The van der Waals surface area contributed by atoms with Gasteiger partial charge in [0.2, 0.25) is 5.75 Å². The summed E-state index contributed by atoms with van der Waals surface area (Å²) < 4.78 is 16.3. The highest BCUT2D eigenvalue weighted by molar-refractivity contribution is 6.19. The maximum Gasteiger partial charge on any atom is 0.274 e. The number of aromatic hydroxyl groups is 1. The second-order valence-electron chi connectivity index (χ2n) is 6.80. The van der Waals surface area contributed by atoms with E-state index in [1.807, 2.05) is 6.07 Å². The number of phenols is 1. The number of hydrogen-bond acceptors (Lipinski definition) is 5. The molecule has 2 N–H and O–H groups in total. The van der Waals surface area contributed by atoms with Gasteiger partial charge in [0.05, 0.1) is 32.5 Å². The zero-order valence-electron chi connectivity index (χ0n) is 16.3. The molecule has 0 spiro atoms. The van der Waals surface area contributed by atoms with Gasteiger partial charge in [-0.25, -0.2) is 0 Å². The van der Waals surface area contributed by atoms with Crippen molar-refractivity contribution in [2.75, 3.05) is 38.7 Å². The van der Waals surface area contributed by atoms with Gasteiger partial charge in [0.1, 0.15) is 11.4 Å². The molecule has 8 heteroatoms. The number of benzene rings is 2. The molecule has 1 aliphatic rings. The normalized spacial score (nSPS) is 15.4. The van der Waals surface area contributed by atoms with Gasteiger partial charge in [-0.3, -0.25) is 4.79 Å². The summed E-state index contributed by atoms with van der Waals surface area (Å²) in [5, 5.41) is 10.7. The number of rotatable bonds is 5. The third-order valence-corrected chi connectivity index (χ3v) is 5.60. The Labute approximate surface area is 172 Å². The molecule has 2 heterocycles. The fraction of sp³-hybridized carbons (Fsp3) is 0.286. The summed E-state index contributed by atoms with van der Waals surface area (Å²) in [7, 11) is 4.60. The van der Waals surface area contributed by atoms with Crippen LogP contribution in [0.2, 0.25) is 0 Å². The molecule has 1 aliphatic heterocycles. The van der Waals surface area contributed by atoms with Crippen LogP contribution in [0.15, 0.2) is 30.3 Å². The van der Waals surface area contributed by atoms with E-state index in [2.05, 4.69) is 4.98 Å². The minimum Gasteiger partial charge on any atom is -0.508 e. The number of amides is 1. The predicted octanol–water partition coefficient (Wildman–Crippen LogP) is 3.88. The number of ether oxygens (including phenoxy) is 3. The molecule has 152 valence electrons. The van der Waals surface area contributed by atoms with Crippen LogP contribution in [0, 0.1) is 0 Å². The van der Waals surface area contributed by atoms with Crippen LogP contribution < -0.4 is 19.1 Å². The Balaban J connectivity index is 1.80. The van der Waals surface area contributed by atoms with E-state index in [0.29, 0.717) is 46.6 Å². The highest BCUT2D eigenvalue weighted by Gasteiger charge is 2.33. The maximum atomic E-state index is 13.3. The zero-order valence-corrected chi connectivity index (χ0v) is 17.0. The second kappa shape index (κ2) is 7.40. The fourth-order valence-corrected chi connectivity index (χ4v) is 4.12. The maximum absolute atomic E-state index is 13.3. The number of H-pyrrole nitrogens is 1. The lowest BCUT2D eigenvalue weighted by atomic mass is 10.0. The molecule has 0 radical (unpaired) electrons. The smallest absolute Gasteiger partial charge is 0.274 e. The predicted molar refractivity (Wildman–Crippen MR) is 111 cm³/mol. The lowest BCUT2D eigenvalue weighted by Crippen LogP contribution is -2.30. The van der Waals surface area contributed by atoms with Crippen LogP contribution in [-0.2, 0) is 0 Å². The summed E-state index contributed by atoms with van der Waals surface area (Å²) in [5.74, 6) is 1.69. The molecule has 1 unspecified atom stereocenters. The third kappa shape index (κ3) is 3.02. The molecule has 1 amide bonds. The summed E-state index contributed by atoms with van der Waals surface area (Å²) in [4.78, 5) is 18.1. The van der Waals surface area contributed by atoms with E-state index >= 15 is 0 Å². The van der Waals surface area contributed by atoms with Crippen LogP contribution >= 0.6 is 11.6 Å². The molecule has 0 aliphatic carbocycles. The molecular weight excluding hydrogens is 396 g/mol. The Morgan fingerprint density at radius 1 is 1.17 bits per heavy atom. The van der Waals surface area contributed by atoms with Crippen LogP contribution in [0.3, 0.4) is 0 Å². The average molecular weight is 417 g/mol. The van der Waals surface area contributed by atoms with Gasteiger partial charge in [-0.1, -0.05) is 6.07 Å². The number of carbonyl (C=O) groups is 1. The summed E-state index contributed by atoms with van der Waals surface area (Å²) in [6.07, 6.45) is 0. The number of nitrogens with one attached hydrogen (secondary N) is 1. The van der Waals surface area contributed by atoms with E-state index in [4.69, 9.17) is 25.8 Å². The standard InChI is InChI=1S/C21H21ClN2O5/c1-27-17-7-11-6-15(23-18(11)20(29-3)19(17)28-2)21(26)24-10-12(9-22)14-5-4-13(25)8-16(14)24/h4-8,12,23,25H,9-10H2,1-3H3. The first-order chi connectivity index (χ1) is 14.0. The molecule has 0 saturated heterocycles. The molecule has 2 aromatic carbocycles. The number of aromatic amines is 1. The number of nitrogens with zero attached hydrogens (tertiary/aromatic N) is 1. The number of alkyl halides is 1.